The molecule has 1 heterocycles. The summed E-state index contributed by atoms with van der Waals surface area (Å²) in [5, 5.41) is 19.2. The molecule has 1 saturated carbocycles. The average Bonchev–Trinajstić information content (AvgIpc) is 2.97. The molecule has 0 spiro atoms. The second-order valence-electron chi connectivity index (χ2n) is 5.65. The van der Waals surface area contributed by atoms with Crippen LogP contribution in [0.15, 0.2) is 24.3 Å². The third kappa shape index (κ3) is 2.71. The van der Waals surface area contributed by atoms with Crippen LogP contribution < -0.4 is 0 Å². The van der Waals surface area contributed by atoms with Gasteiger partial charge >= 0.3 is 0 Å². The molecule has 0 aromatic heterocycles. The first kappa shape index (κ1) is 13.6. The molecule has 20 heavy (non-hydrogen) atoms. The van der Waals surface area contributed by atoms with E-state index in [9.17, 15) is 5.11 Å². The number of aliphatic hydroxyl groups is 1. The Morgan fingerprint density at radius 2 is 2.15 bits per heavy atom. The zero-order valence-electron chi connectivity index (χ0n) is 11.5. The molecule has 1 aromatic rings. The largest absolute Gasteiger partial charge is 0.387 e. The number of aliphatic hydroxyl groups excluding tert-OH is 1. The van der Waals surface area contributed by atoms with Gasteiger partial charge in [-0.25, -0.2) is 0 Å². The number of benzene rings is 1. The first-order valence-corrected chi connectivity index (χ1v) is 7.31. The zero-order chi connectivity index (χ0) is 13.9. The van der Waals surface area contributed by atoms with Crippen LogP contribution in [-0.2, 0) is 4.74 Å². The number of fused-ring (bicyclic) bond motifs is 1. The number of hydrogen-bond acceptors (Lipinski definition) is 4. The predicted molar refractivity (Wildman–Crippen MR) is 75.1 cm³/mol. The van der Waals surface area contributed by atoms with Gasteiger partial charge in [0, 0.05) is 19.1 Å². The third-order valence-electron chi connectivity index (χ3n) is 4.43. The minimum Gasteiger partial charge on any atom is -0.387 e. The Balaban J connectivity index is 1.65. The lowest BCUT2D eigenvalue weighted by Gasteiger charge is -2.38. The molecule has 106 valence electrons. The quantitative estimate of drug-likeness (QED) is 0.912. The minimum atomic E-state index is -0.498. The molecule has 0 bridgehead atoms. The third-order valence-corrected chi connectivity index (χ3v) is 4.43. The Labute approximate surface area is 119 Å². The summed E-state index contributed by atoms with van der Waals surface area (Å²) in [7, 11) is 0. The summed E-state index contributed by atoms with van der Waals surface area (Å²) >= 11 is 0. The molecule has 3 rings (SSSR count). The highest BCUT2D eigenvalue weighted by atomic mass is 16.5. The van der Waals surface area contributed by atoms with Gasteiger partial charge in [-0.1, -0.05) is 12.1 Å². The van der Waals surface area contributed by atoms with Crippen molar-refractivity contribution in [3.63, 3.8) is 0 Å². The highest BCUT2D eigenvalue weighted by Gasteiger charge is 2.36. The van der Waals surface area contributed by atoms with E-state index >= 15 is 0 Å². The molecule has 0 amide bonds. The van der Waals surface area contributed by atoms with Crippen molar-refractivity contribution in [3.05, 3.63) is 35.4 Å². The van der Waals surface area contributed by atoms with Crippen molar-refractivity contribution in [2.75, 3.05) is 19.7 Å². The number of hydrogen-bond donors (Lipinski definition) is 1. The van der Waals surface area contributed by atoms with E-state index in [2.05, 4.69) is 11.0 Å². The van der Waals surface area contributed by atoms with Crippen molar-refractivity contribution in [1.29, 1.82) is 5.26 Å². The fraction of sp³-hybridized carbons (Fsp3) is 0.562. The molecule has 1 aliphatic heterocycles. The van der Waals surface area contributed by atoms with Crippen molar-refractivity contribution >= 4 is 0 Å². The van der Waals surface area contributed by atoms with Crippen molar-refractivity contribution in [3.8, 4) is 6.07 Å². The fourth-order valence-corrected chi connectivity index (χ4v) is 3.34. The first-order chi connectivity index (χ1) is 9.78. The number of nitriles is 1. The van der Waals surface area contributed by atoms with Gasteiger partial charge in [0.2, 0.25) is 0 Å². The van der Waals surface area contributed by atoms with E-state index in [1.165, 1.54) is 12.8 Å². The maximum absolute atomic E-state index is 10.4. The van der Waals surface area contributed by atoms with Crippen LogP contribution in [0.2, 0.25) is 0 Å². The summed E-state index contributed by atoms with van der Waals surface area (Å²) in [6.07, 6.45) is 3.40. The molecular weight excluding hydrogens is 252 g/mol. The van der Waals surface area contributed by atoms with Crippen LogP contribution in [0.5, 0.6) is 0 Å². The van der Waals surface area contributed by atoms with E-state index in [0.717, 1.165) is 25.1 Å². The maximum atomic E-state index is 10.4. The van der Waals surface area contributed by atoms with E-state index < -0.39 is 6.10 Å². The van der Waals surface area contributed by atoms with Gasteiger partial charge in [0.1, 0.15) is 0 Å². The molecule has 3 unspecified atom stereocenters. The highest BCUT2D eigenvalue weighted by Crippen LogP contribution is 2.30. The lowest BCUT2D eigenvalue weighted by molar-refractivity contribution is -0.0675. The number of ether oxygens (including phenoxy) is 1. The van der Waals surface area contributed by atoms with E-state index in [1.807, 2.05) is 12.1 Å². The highest BCUT2D eigenvalue weighted by molar-refractivity contribution is 5.32. The molecule has 2 fully saturated rings. The van der Waals surface area contributed by atoms with Crippen molar-refractivity contribution in [2.24, 2.45) is 0 Å². The van der Waals surface area contributed by atoms with Crippen LogP contribution >= 0.6 is 0 Å². The molecule has 1 aromatic carbocycles. The topological polar surface area (TPSA) is 56.5 Å². The summed E-state index contributed by atoms with van der Waals surface area (Å²) < 4.78 is 5.79. The van der Waals surface area contributed by atoms with E-state index in [1.54, 1.807) is 12.1 Å². The maximum Gasteiger partial charge on any atom is 0.0991 e. The standard InChI is InChI=1S/C16H20N2O2/c17-10-12-4-6-13(7-5-12)15(19)11-18-8-9-20-16-3-1-2-14(16)18/h4-7,14-16,19H,1-3,8-9,11H2. The first-order valence-electron chi connectivity index (χ1n) is 7.31. The molecular formula is C16H20N2O2. The summed E-state index contributed by atoms with van der Waals surface area (Å²) in [6.45, 7) is 2.31. The zero-order valence-corrected chi connectivity index (χ0v) is 11.5. The number of rotatable bonds is 3. The SMILES string of the molecule is N#Cc1ccc(C(O)CN2CCOC3CCCC32)cc1. The summed E-state index contributed by atoms with van der Waals surface area (Å²) in [6, 6.07) is 9.77. The van der Waals surface area contributed by atoms with Crippen LogP contribution in [-0.4, -0.2) is 41.8 Å². The van der Waals surface area contributed by atoms with Gasteiger partial charge in [0.15, 0.2) is 0 Å². The Kier molecular flexibility index (Phi) is 4.02. The molecule has 1 saturated heterocycles. The molecule has 2 aliphatic rings. The second kappa shape index (κ2) is 5.92. The van der Waals surface area contributed by atoms with Gasteiger partial charge in [-0.05, 0) is 37.0 Å². The van der Waals surface area contributed by atoms with Crippen molar-refractivity contribution in [1.82, 2.24) is 4.90 Å². The monoisotopic (exact) mass is 272 g/mol. The number of nitrogens with zero attached hydrogens (tertiary/aromatic N) is 2. The van der Waals surface area contributed by atoms with E-state index in [0.29, 0.717) is 24.3 Å². The van der Waals surface area contributed by atoms with Gasteiger partial charge in [-0.15, -0.1) is 0 Å². The number of morpholine rings is 1. The Bertz CT molecular complexity index is 494. The summed E-state index contributed by atoms with van der Waals surface area (Å²) in [5.74, 6) is 0. The van der Waals surface area contributed by atoms with Gasteiger partial charge < -0.3 is 9.84 Å². The molecule has 1 aliphatic carbocycles. The van der Waals surface area contributed by atoms with Crippen LogP contribution in [0, 0.1) is 11.3 Å². The van der Waals surface area contributed by atoms with Gasteiger partial charge in [-0.2, -0.15) is 5.26 Å². The molecule has 3 atom stereocenters. The van der Waals surface area contributed by atoms with E-state index in [4.69, 9.17) is 10.00 Å². The molecule has 0 radical (unpaired) electrons. The lowest BCUT2D eigenvalue weighted by Crippen LogP contribution is -2.49. The van der Waals surface area contributed by atoms with Crippen LogP contribution in [0.25, 0.3) is 0 Å². The predicted octanol–water partition coefficient (Wildman–Crippen LogP) is 1.84. The Morgan fingerprint density at radius 1 is 1.35 bits per heavy atom. The summed E-state index contributed by atoms with van der Waals surface area (Å²) in [5.41, 5.74) is 1.51. The Morgan fingerprint density at radius 3 is 2.90 bits per heavy atom. The normalized spacial score (nSPS) is 27.8. The van der Waals surface area contributed by atoms with E-state index in [-0.39, 0.29) is 0 Å². The van der Waals surface area contributed by atoms with Crippen molar-refractivity contribution in [2.45, 2.75) is 37.5 Å². The molecule has 1 N–H and O–H groups in total. The smallest absolute Gasteiger partial charge is 0.0991 e. The van der Waals surface area contributed by atoms with Crippen LogP contribution in [0.3, 0.4) is 0 Å². The number of β-amino-alcohol motifs (C(OH)–C–C–N with tert-alkyl or cyclic N) is 1. The minimum absolute atomic E-state index is 0.358. The second-order valence-corrected chi connectivity index (χ2v) is 5.65. The van der Waals surface area contributed by atoms with Gasteiger partial charge in [0.25, 0.3) is 0 Å². The molecule has 4 heteroatoms. The van der Waals surface area contributed by atoms with Crippen LogP contribution in [0.4, 0.5) is 0 Å². The van der Waals surface area contributed by atoms with Crippen molar-refractivity contribution < 1.29 is 9.84 Å². The summed E-state index contributed by atoms with van der Waals surface area (Å²) in [4.78, 5) is 2.37. The lowest BCUT2D eigenvalue weighted by atomic mass is 10.0. The fourth-order valence-electron chi connectivity index (χ4n) is 3.34. The van der Waals surface area contributed by atoms with Gasteiger partial charge in [0.05, 0.1) is 30.4 Å². The average molecular weight is 272 g/mol. The van der Waals surface area contributed by atoms with Gasteiger partial charge in [-0.3, -0.25) is 4.90 Å². The van der Waals surface area contributed by atoms with Crippen LogP contribution in [0.1, 0.15) is 36.5 Å². The Hall–Kier alpha value is -1.41. The molecule has 4 nitrogen and oxygen atoms in total.